The van der Waals surface area contributed by atoms with Gasteiger partial charge in [-0.3, -0.25) is 9.59 Å². The third kappa shape index (κ3) is 5.43. The molecule has 0 bridgehead atoms. The predicted molar refractivity (Wildman–Crippen MR) is 129 cm³/mol. The Hall–Kier alpha value is -4.33. The Kier molecular flexibility index (Phi) is 7.01. The van der Waals surface area contributed by atoms with E-state index in [0.29, 0.717) is 29.1 Å². The van der Waals surface area contributed by atoms with Gasteiger partial charge in [0.1, 0.15) is 11.6 Å². The summed E-state index contributed by atoms with van der Waals surface area (Å²) in [6, 6.07) is 18.1. The Balaban J connectivity index is 1.71. The number of rotatable bonds is 7. The molecule has 6 nitrogen and oxygen atoms in total. The first kappa shape index (κ1) is 23.8. The lowest BCUT2D eigenvalue weighted by atomic mass is 10.0. The van der Waals surface area contributed by atoms with Gasteiger partial charge < -0.3 is 10.1 Å². The highest BCUT2D eigenvalue weighted by Crippen LogP contribution is 2.37. The van der Waals surface area contributed by atoms with Crippen LogP contribution in [0, 0.1) is 11.6 Å². The molecule has 4 rings (SSSR count). The van der Waals surface area contributed by atoms with E-state index in [0.717, 1.165) is 18.1 Å². The van der Waals surface area contributed by atoms with Crippen LogP contribution in [0.15, 0.2) is 72.8 Å². The van der Waals surface area contributed by atoms with Crippen LogP contribution in [0.2, 0.25) is 0 Å². The molecule has 0 aliphatic heterocycles. The third-order valence-electron chi connectivity index (χ3n) is 5.23. The minimum Gasteiger partial charge on any atom is -0.407 e. The second-order valence-corrected chi connectivity index (χ2v) is 7.90. The van der Waals surface area contributed by atoms with Gasteiger partial charge in [-0.05, 0) is 66.6 Å². The smallest absolute Gasteiger partial charge is 0.309 e. The molecule has 178 valence electrons. The summed E-state index contributed by atoms with van der Waals surface area (Å²) < 4.78 is 34.0. The summed E-state index contributed by atoms with van der Waals surface area (Å²) in [6.45, 7) is 3.31. The molecular weight excluding hydrogens is 452 g/mol. The summed E-state index contributed by atoms with van der Waals surface area (Å²) in [5.41, 5.74) is 3.34. The van der Waals surface area contributed by atoms with Crippen LogP contribution in [-0.4, -0.2) is 21.7 Å². The zero-order valence-electron chi connectivity index (χ0n) is 19.2. The van der Waals surface area contributed by atoms with Crippen molar-refractivity contribution in [3.05, 3.63) is 95.7 Å². The van der Waals surface area contributed by atoms with Crippen LogP contribution in [0.4, 0.5) is 14.5 Å². The van der Waals surface area contributed by atoms with Crippen LogP contribution in [0.3, 0.4) is 0 Å². The van der Waals surface area contributed by atoms with Crippen molar-refractivity contribution in [1.82, 2.24) is 9.78 Å². The average Bonchev–Trinajstić information content (AvgIpc) is 3.17. The lowest BCUT2D eigenvalue weighted by Gasteiger charge is -2.10. The molecule has 1 heterocycles. The Morgan fingerprint density at radius 2 is 1.69 bits per heavy atom. The molecule has 1 amide bonds. The summed E-state index contributed by atoms with van der Waals surface area (Å²) in [5.74, 6) is -1.61. The highest BCUT2D eigenvalue weighted by Gasteiger charge is 2.23. The maximum Gasteiger partial charge on any atom is 0.309 e. The quantitative estimate of drug-likeness (QED) is 0.336. The Bertz CT molecular complexity index is 1360. The highest BCUT2D eigenvalue weighted by atomic mass is 19.1. The molecule has 0 radical (unpaired) electrons. The number of amides is 1. The van der Waals surface area contributed by atoms with E-state index in [-0.39, 0.29) is 17.3 Å². The summed E-state index contributed by atoms with van der Waals surface area (Å²) in [5, 5.41) is 7.40. The molecule has 1 aromatic heterocycles. The van der Waals surface area contributed by atoms with Crippen molar-refractivity contribution in [2.45, 2.75) is 26.7 Å². The highest BCUT2D eigenvalue weighted by molar-refractivity contribution is 6.04. The van der Waals surface area contributed by atoms with Crippen molar-refractivity contribution in [2.24, 2.45) is 0 Å². The van der Waals surface area contributed by atoms with E-state index in [1.807, 2.05) is 6.92 Å². The van der Waals surface area contributed by atoms with Crippen LogP contribution in [0.5, 0.6) is 5.88 Å². The number of hydrogen-bond donors (Lipinski definition) is 1. The molecule has 4 aromatic rings. The van der Waals surface area contributed by atoms with E-state index in [2.05, 4.69) is 10.4 Å². The van der Waals surface area contributed by atoms with E-state index in [9.17, 15) is 18.4 Å². The number of nitrogens with zero attached hydrogens (tertiary/aromatic N) is 2. The summed E-state index contributed by atoms with van der Waals surface area (Å²) in [6.07, 6.45) is 1.42. The van der Waals surface area contributed by atoms with Crippen LogP contribution >= 0.6 is 0 Å². The molecule has 0 aliphatic rings. The molecule has 8 heteroatoms. The van der Waals surface area contributed by atoms with Crippen molar-refractivity contribution >= 4 is 17.6 Å². The van der Waals surface area contributed by atoms with Crippen molar-refractivity contribution in [3.63, 3.8) is 0 Å². The lowest BCUT2D eigenvalue weighted by molar-refractivity contribution is -0.132. The second-order valence-electron chi connectivity index (χ2n) is 7.90. The number of aromatic nitrogens is 2. The average molecular weight is 475 g/mol. The molecule has 0 unspecified atom stereocenters. The van der Waals surface area contributed by atoms with Gasteiger partial charge in [0, 0.05) is 18.2 Å². The first-order valence-corrected chi connectivity index (χ1v) is 11.1. The van der Waals surface area contributed by atoms with Gasteiger partial charge in [-0.1, -0.05) is 31.5 Å². The number of ether oxygens (including phenoxy) is 1. The normalized spacial score (nSPS) is 10.7. The fourth-order valence-electron chi connectivity index (χ4n) is 3.69. The van der Waals surface area contributed by atoms with Crippen LogP contribution in [0.25, 0.3) is 16.8 Å². The minimum absolute atomic E-state index is 0.206. The predicted octanol–water partition coefficient (Wildman–Crippen LogP) is 5.95. The number of aryl methyl sites for hydroxylation is 1. The standard InChI is InChI=1S/C27H23F2N3O3/c1-3-5-24-25(27(35-17(2)33)32(31-24)23-14-10-20(28)11-15-23)18-8-12-22(13-9-18)30-26(34)19-6-4-7-21(29)16-19/h4,6-16H,3,5H2,1-2H3,(H,30,34). The maximum atomic E-state index is 13.5. The Morgan fingerprint density at radius 1 is 0.971 bits per heavy atom. The first-order chi connectivity index (χ1) is 16.9. The van der Waals surface area contributed by atoms with E-state index < -0.39 is 17.7 Å². The van der Waals surface area contributed by atoms with E-state index in [1.165, 1.54) is 41.9 Å². The SMILES string of the molecule is CCCc1nn(-c2ccc(F)cc2)c(OC(C)=O)c1-c1ccc(NC(=O)c2cccc(F)c2)cc1. The van der Waals surface area contributed by atoms with Crippen LogP contribution < -0.4 is 10.1 Å². The van der Waals surface area contributed by atoms with Gasteiger partial charge >= 0.3 is 5.97 Å². The number of halogens is 2. The molecular formula is C27H23F2N3O3. The molecule has 3 aromatic carbocycles. The second kappa shape index (κ2) is 10.3. The largest absolute Gasteiger partial charge is 0.407 e. The van der Waals surface area contributed by atoms with Gasteiger partial charge in [-0.2, -0.15) is 9.78 Å². The first-order valence-electron chi connectivity index (χ1n) is 11.1. The number of esters is 1. The zero-order chi connectivity index (χ0) is 24.9. The van der Waals surface area contributed by atoms with Crippen molar-refractivity contribution in [1.29, 1.82) is 0 Å². The molecule has 0 atom stereocenters. The molecule has 0 saturated heterocycles. The zero-order valence-corrected chi connectivity index (χ0v) is 19.2. The maximum absolute atomic E-state index is 13.5. The van der Waals surface area contributed by atoms with Gasteiger partial charge in [0.2, 0.25) is 5.88 Å². The molecule has 1 N–H and O–H groups in total. The van der Waals surface area contributed by atoms with E-state index >= 15 is 0 Å². The molecule has 0 fully saturated rings. The van der Waals surface area contributed by atoms with Gasteiger partial charge in [-0.25, -0.2) is 8.78 Å². The monoisotopic (exact) mass is 475 g/mol. The van der Waals surface area contributed by atoms with Gasteiger partial charge in [-0.15, -0.1) is 0 Å². The van der Waals surface area contributed by atoms with Crippen LogP contribution in [-0.2, 0) is 11.2 Å². The lowest BCUT2D eigenvalue weighted by Crippen LogP contribution is -2.11. The molecule has 35 heavy (non-hydrogen) atoms. The van der Waals surface area contributed by atoms with Gasteiger partial charge in [0.25, 0.3) is 5.91 Å². The summed E-state index contributed by atoms with van der Waals surface area (Å²) >= 11 is 0. The van der Waals surface area contributed by atoms with Crippen LogP contribution in [0.1, 0.15) is 36.3 Å². The summed E-state index contributed by atoms with van der Waals surface area (Å²) in [4.78, 5) is 24.4. The van der Waals surface area contributed by atoms with E-state index in [1.54, 1.807) is 36.4 Å². The van der Waals surface area contributed by atoms with E-state index in [4.69, 9.17) is 4.74 Å². The van der Waals surface area contributed by atoms with Crippen molar-refractivity contribution in [2.75, 3.05) is 5.32 Å². The minimum atomic E-state index is -0.517. The number of benzene rings is 3. The number of hydrogen-bond acceptors (Lipinski definition) is 4. The number of anilines is 1. The van der Waals surface area contributed by atoms with Crippen molar-refractivity contribution < 1.29 is 23.1 Å². The Labute approximate surface area is 201 Å². The number of nitrogens with one attached hydrogen (secondary N) is 1. The number of carbonyl (C=O) groups is 2. The number of carbonyl (C=O) groups excluding carboxylic acids is 2. The third-order valence-corrected chi connectivity index (χ3v) is 5.23. The van der Waals surface area contributed by atoms with Gasteiger partial charge in [0.15, 0.2) is 0 Å². The topological polar surface area (TPSA) is 73.2 Å². The fourth-order valence-corrected chi connectivity index (χ4v) is 3.69. The van der Waals surface area contributed by atoms with Gasteiger partial charge in [0.05, 0.1) is 16.9 Å². The molecule has 0 aliphatic carbocycles. The summed E-state index contributed by atoms with van der Waals surface area (Å²) in [7, 11) is 0. The Morgan fingerprint density at radius 3 is 2.31 bits per heavy atom. The molecule has 0 saturated carbocycles. The fraction of sp³-hybridized carbons (Fsp3) is 0.148. The van der Waals surface area contributed by atoms with Crippen molar-refractivity contribution in [3.8, 4) is 22.7 Å². The molecule has 0 spiro atoms.